The fourth-order valence-electron chi connectivity index (χ4n) is 2.37. The van der Waals surface area contributed by atoms with Gasteiger partial charge in [0.25, 0.3) is 0 Å². The molecule has 0 aliphatic carbocycles. The summed E-state index contributed by atoms with van der Waals surface area (Å²) < 4.78 is 11.1. The van der Waals surface area contributed by atoms with E-state index in [4.69, 9.17) is 14.6 Å². The highest BCUT2D eigenvalue weighted by Gasteiger charge is 2.28. The zero-order chi connectivity index (χ0) is 13.2. The van der Waals surface area contributed by atoms with E-state index in [0.717, 1.165) is 12.8 Å². The smallest absolute Gasteiger partial charge is 0.306 e. The molecular weight excluding hydrogens is 232 g/mol. The van der Waals surface area contributed by atoms with Crippen LogP contribution in [0.2, 0.25) is 0 Å². The maximum Gasteiger partial charge on any atom is 0.306 e. The summed E-state index contributed by atoms with van der Waals surface area (Å²) in [5.41, 5.74) is 0. The van der Waals surface area contributed by atoms with E-state index in [9.17, 15) is 4.79 Å². The standard InChI is InChI=1S/C14H26O4/c1-2-3-4-5-6-7-8-12-13(11-14(15)16)18-10-9-17-12/h12-13H,2-11H2,1H3,(H,15,16). The molecule has 0 bridgehead atoms. The molecule has 18 heavy (non-hydrogen) atoms. The molecule has 4 nitrogen and oxygen atoms in total. The largest absolute Gasteiger partial charge is 0.481 e. The monoisotopic (exact) mass is 258 g/mol. The Balaban J connectivity index is 2.15. The van der Waals surface area contributed by atoms with Gasteiger partial charge in [0.1, 0.15) is 0 Å². The molecule has 1 heterocycles. The first kappa shape index (κ1) is 15.4. The molecule has 1 aliphatic heterocycles. The van der Waals surface area contributed by atoms with Crippen molar-refractivity contribution in [1.82, 2.24) is 0 Å². The van der Waals surface area contributed by atoms with Crippen molar-refractivity contribution in [3.63, 3.8) is 0 Å². The lowest BCUT2D eigenvalue weighted by molar-refractivity contribution is -0.162. The second kappa shape index (κ2) is 9.34. The average Bonchev–Trinajstić information content (AvgIpc) is 2.35. The summed E-state index contributed by atoms with van der Waals surface area (Å²) in [6, 6.07) is 0. The van der Waals surface area contributed by atoms with Crippen LogP contribution in [0.4, 0.5) is 0 Å². The number of carbonyl (C=O) groups is 1. The second-order valence-electron chi connectivity index (χ2n) is 4.97. The van der Waals surface area contributed by atoms with Crippen molar-refractivity contribution in [2.75, 3.05) is 13.2 Å². The minimum atomic E-state index is -0.807. The predicted molar refractivity (Wildman–Crippen MR) is 69.7 cm³/mol. The molecule has 1 aliphatic rings. The van der Waals surface area contributed by atoms with Gasteiger partial charge in [-0.05, 0) is 6.42 Å². The van der Waals surface area contributed by atoms with E-state index in [-0.39, 0.29) is 18.6 Å². The van der Waals surface area contributed by atoms with E-state index in [1.165, 1.54) is 32.1 Å². The summed E-state index contributed by atoms with van der Waals surface area (Å²) in [5, 5.41) is 8.82. The Hall–Kier alpha value is -0.610. The molecule has 0 radical (unpaired) electrons. The van der Waals surface area contributed by atoms with E-state index >= 15 is 0 Å². The Labute approximate surface area is 110 Å². The van der Waals surface area contributed by atoms with Crippen LogP contribution in [0.1, 0.15) is 58.3 Å². The summed E-state index contributed by atoms with van der Waals surface area (Å²) in [7, 11) is 0. The minimum Gasteiger partial charge on any atom is -0.481 e. The third kappa shape index (κ3) is 6.36. The van der Waals surface area contributed by atoms with Gasteiger partial charge in [0.2, 0.25) is 0 Å². The Kier molecular flexibility index (Phi) is 8.01. The van der Waals surface area contributed by atoms with Crippen molar-refractivity contribution in [2.45, 2.75) is 70.5 Å². The zero-order valence-corrected chi connectivity index (χ0v) is 11.4. The van der Waals surface area contributed by atoms with Crippen molar-refractivity contribution in [1.29, 1.82) is 0 Å². The molecule has 106 valence electrons. The first-order valence-electron chi connectivity index (χ1n) is 7.19. The zero-order valence-electron chi connectivity index (χ0n) is 11.4. The highest BCUT2D eigenvalue weighted by molar-refractivity contribution is 5.67. The molecule has 1 fully saturated rings. The average molecular weight is 258 g/mol. The fourth-order valence-corrected chi connectivity index (χ4v) is 2.37. The van der Waals surface area contributed by atoms with E-state index in [0.29, 0.717) is 13.2 Å². The number of hydrogen-bond acceptors (Lipinski definition) is 3. The molecule has 0 aromatic carbocycles. The first-order valence-corrected chi connectivity index (χ1v) is 7.19. The molecule has 2 atom stereocenters. The molecule has 0 amide bonds. The van der Waals surface area contributed by atoms with Gasteiger partial charge in [0.05, 0.1) is 31.8 Å². The number of rotatable bonds is 9. The SMILES string of the molecule is CCCCCCCCC1OCCOC1CC(=O)O. The molecule has 1 N–H and O–H groups in total. The molecule has 1 rings (SSSR count). The van der Waals surface area contributed by atoms with E-state index in [1.54, 1.807) is 0 Å². The van der Waals surface area contributed by atoms with E-state index in [2.05, 4.69) is 6.92 Å². The number of carboxylic acids is 1. The molecular formula is C14H26O4. The highest BCUT2D eigenvalue weighted by atomic mass is 16.6. The lowest BCUT2D eigenvalue weighted by Crippen LogP contribution is -2.39. The van der Waals surface area contributed by atoms with Crippen LogP contribution in [-0.2, 0) is 14.3 Å². The molecule has 0 spiro atoms. The lowest BCUT2D eigenvalue weighted by atomic mass is 10.0. The maximum atomic E-state index is 10.7. The summed E-state index contributed by atoms with van der Waals surface area (Å²) in [6.07, 6.45) is 8.15. The van der Waals surface area contributed by atoms with Gasteiger partial charge in [-0.1, -0.05) is 45.4 Å². The highest BCUT2D eigenvalue weighted by Crippen LogP contribution is 2.20. The topological polar surface area (TPSA) is 55.8 Å². The van der Waals surface area contributed by atoms with Crippen LogP contribution in [0.25, 0.3) is 0 Å². The third-order valence-electron chi connectivity index (χ3n) is 3.38. The van der Waals surface area contributed by atoms with Gasteiger partial charge < -0.3 is 14.6 Å². The van der Waals surface area contributed by atoms with Crippen LogP contribution in [0.5, 0.6) is 0 Å². The van der Waals surface area contributed by atoms with Gasteiger partial charge in [-0.3, -0.25) is 4.79 Å². The molecule has 1 saturated heterocycles. The normalized spacial score (nSPS) is 24.1. The van der Waals surface area contributed by atoms with Crippen molar-refractivity contribution in [3.8, 4) is 0 Å². The predicted octanol–water partition coefficient (Wildman–Crippen LogP) is 3.00. The number of carboxylic acid groups (broad SMARTS) is 1. The third-order valence-corrected chi connectivity index (χ3v) is 3.38. The quantitative estimate of drug-likeness (QED) is 0.646. The van der Waals surface area contributed by atoms with Gasteiger partial charge in [-0.25, -0.2) is 0 Å². The van der Waals surface area contributed by atoms with Crippen molar-refractivity contribution >= 4 is 5.97 Å². The summed E-state index contributed by atoms with van der Waals surface area (Å²) in [4.78, 5) is 10.7. The summed E-state index contributed by atoms with van der Waals surface area (Å²) in [6.45, 7) is 3.32. The molecule has 4 heteroatoms. The van der Waals surface area contributed by atoms with Gasteiger partial charge in [-0.15, -0.1) is 0 Å². The minimum absolute atomic E-state index is 0.0268. The number of hydrogen-bond donors (Lipinski definition) is 1. The van der Waals surface area contributed by atoms with Gasteiger partial charge in [-0.2, -0.15) is 0 Å². The lowest BCUT2D eigenvalue weighted by Gasteiger charge is -2.31. The molecule has 0 saturated carbocycles. The summed E-state index contributed by atoms with van der Waals surface area (Å²) in [5.74, 6) is -0.807. The van der Waals surface area contributed by atoms with Crippen LogP contribution in [0.3, 0.4) is 0 Å². The van der Waals surface area contributed by atoms with Gasteiger partial charge in [0, 0.05) is 0 Å². The second-order valence-corrected chi connectivity index (χ2v) is 4.97. The Morgan fingerprint density at radius 1 is 1.06 bits per heavy atom. The maximum absolute atomic E-state index is 10.7. The van der Waals surface area contributed by atoms with E-state index in [1.807, 2.05) is 0 Å². The van der Waals surface area contributed by atoms with Crippen LogP contribution in [-0.4, -0.2) is 36.5 Å². The molecule has 2 unspecified atom stereocenters. The van der Waals surface area contributed by atoms with Crippen molar-refractivity contribution < 1.29 is 19.4 Å². The van der Waals surface area contributed by atoms with Crippen LogP contribution < -0.4 is 0 Å². The molecule has 0 aromatic rings. The Morgan fingerprint density at radius 2 is 1.67 bits per heavy atom. The number of unbranched alkanes of at least 4 members (excludes halogenated alkanes) is 5. The Morgan fingerprint density at radius 3 is 2.33 bits per heavy atom. The van der Waals surface area contributed by atoms with E-state index < -0.39 is 5.97 Å². The fraction of sp³-hybridized carbons (Fsp3) is 0.929. The van der Waals surface area contributed by atoms with Crippen molar-refractivity contribution in [2.24, 2.45) is 0 Å². The van der Waals surface area contributed by atoms with Gasteiger partial charge >= 0.3 is 5.97 Å². The molecule has 0 aromatic heterocycles. The van der Waals surface area contributed by atoms with Gasteiger partial charge in [0.15, 0.2) is 0 Å². The van der Waals surface area contributed by atoms with Crippen molar-refractivity contribution in [3.05, 3.63) is 0 Å². The van der Waals surface area contributed by atoms with Crippen LogP contribution in [0.15, 0.2) is 0 Å². The Bertz CT molecular complexity index is 230. The van der Waals surface area contributed by atoms with Crippen LogP contribution in [0, 0.1) is 0 Å². The van der Waals surface area contributed by atoms with Crippen LogP contribution >= 0.6 is 0 Å². The summed E-state index contributed by atoms with van der Waals surface area (Å²) >= 11 is 0. The number of aliphatic carboxylic acids is 1. The first-order chi connectivity index (χ1) is 8.74. The number of ether oxygens (including phenoxy) is 2.